The number of benzene rings is 2. The molecule has 1 atom stereocenters. The van der Waals surface area contributed by atoms with Crippen LogP contribution in [0.25, 0.3) is 22.2 Å². The minimum absolute atomic E-state index is 0.177. The number of aromatic amines is 2. The number of hydrogen-bond donors (Lipinski definition) is 3. The number of aromatic nitrogens is 3. The van der Waals surface area contributed by atoms with E-state index >= 15 is 0 Å². The van der Waals surface area contributed by atoms with Gasteiger partial charge in [0, 0.05) is 27.9 Å². The quantitative estimate of drug-likeness (QED) is 0.510. The fourth-order valence-corrected chi connectivity index (χ4v) is 4.21. The van der Waals surface area contributed by atoms with E-state index in [9.17, 15) is 0 Å². The largest absolute Gasteiger partial charge is 0.497 e. The highest BCUT2D eigenvalue weighted by atomic mass is 35.5. The molecule has 1 aliphatic rings. The first-order chi connectivity index (χ1) is 13.2. The molecule has 0 radical (unpaired) electrons. The molecule has 136 valence electrons. The van der Waals surface area contributed by atoms with Crippen molar-refractivity contribution in [3.05, 3.63) is 70.5 Å². The van der Waals surface area contributed by atoms with Crippen molar-refractivity contribution >= 4 is 22.5 Å². The molecular weight excluding hydrogens is 360 g/mol. The Bertz CT molecular complexity index is 1110. The van der Waals surface area contributed by atoms with Gasteiger partial charge in [0.2, 0.25) is 0 Å². The number of ether oxygens (including phenoxy) is 1. The van der Waals surface area contributed by atoms with Gasteiger partial charge in [-0.15, -0.1) is 0 Å². The summed E-state index contributed by atoms with van der Waals surface area (Å²) in [4.78, 5) is 3.64. The summed E-state index contributed by atoms with van der Waals surface area (Å²) in [5, 5.41) is 11.9. The standard InChI is InChI=1S/C21H19ClN4O/c1-27-14-6-7-18-16(10-14)15-8-9-23-20(21(15)25-18)17-11-24-26-19(17)12-2-4-13(22)5-3-12/h2-7,10-11,20,23,25H,8-9H2,1H3,(H,24,26)/p+1/t20-/m1/s1. The van der Waals surface area contributed by atoms with Gasteiger partial charge in [-0.2, -0.15) is 5.10 Å². The van der Waals surface area contributed by atoms with Crippen LogP contribution in [0.3, 0.4) is 0 Å². The number of H-pyrrole nitrogens is 2. The zero-order valence-electron chi connectivity index (χ0n) is 14.9. The zero-order chi connectivity index (χ0) is 18.4. The van der Waals surface area contributed by atoms with Crippen LogP contribution in [0.2, 0.25) is 5.02 Å². The summed E-state index contributed by atoms with van der Waals surface area (Å²) in [6.07, 6.45) is 2.97. The third kappa shape index (κ3) is 2.71. The van der Waals surface area contributed by atoms with Gasteiger partial charge < -0.3 is 15.0 Å². The van der Waals surface area contributed by atoms with Crippen LogP contribution in [0, 0.1) is 0 Å². The summed E-state index contributed by atoms with van der Waals surface area (Å²) in [5.41, 5.74) is 7.08. The highest BCUT2D eigenvalue weighted by Crippen LogP contribution is 2.35. The molecule has 0 aliphatic carbocycles. The number of halogens is 1. The molecule has 0 saturated carbocycles. The highest BCUT2D eigenvalue weighted by Gasteiger charge is 2.31. The summed E-state index contributed by atoms with van der Waals surface area (Å²) in [6.45, 7) is 1.03. The lowest BCUT2D eigenvalue weighted by Crippen LogP contribution is -2.87. The van der Waals surface area contributed by atoms with Gasteiger partial charge in [0.05, 0.1) is 36.8 Å². The number of nitrogens with one attached hydrogen (secondary N) is 2. The number of hydrogen-bond acceptors (Lipinski definition) is 2. The Morgan fingerprint density at radius 3 is 2.85 bits per heavy atom. The Morgan fingerprint density at radius 1 is 1.19 bits per heavy atom. The van der Waals surface area contributed by atoms with Crippen LogP contribution in [-0.4, -0.2) is 28.8 Å². The first-order valence-corrected chi connectivity index (χ1v) is 9.43. The zero-order valence-corrected chi connectivity index (χ0v) is 15.7. The van der Waals surface area contributed by atoms with Crippen molar-refractivity contribution in [1.82, 2.24) is 15.2 Å². The lowest BCUT2D eigenvalue weighted by atomic mass is 9.93. The van der Waals surface area contributed by atoms with Gasteiger partial charge in [0.25, 0.3) is 0 Å². The summed E-state index contributed by atoms with van der Waals surface area (Å²) >= 11 is 6.05. The van der Waals surface area contributed by atoms with E-state index in [0.29, 0.717) is 0 Å². The molecule has 0 fully saturated rings. The lowest BCUT2D eigenvalue weighted by Gasteiger charge is -2.21. The molecular formula is C21H20ClN4O+. The van der Waals surface area contributed by atoms with Crippen LogP contribution in [0.15, 0.2) is 48.7 Å². The van der Waals surface area contributed by atoms with Gasteiger partial charge in [0.1, 0.15) is 5.75 Å². The van der Waals surface area contributed by atoms with Crippen LogP contribution < -0.4 is 10.1 Å². The molecule has 5 rings (SSSR count). The Hall–Kier alpha value is -2.76. The Morgan fingerprint density at radius 2 is 2.04 bits per heavy atom. The van der Waals surface area contributed by atoms with E-state index in [1.807, 2.05) is 36.5 Å². The summed E-state index contributed by atoms with van der Waals surface area (Å²) in [7, 11) is 1.71. The first kappa shape index (κ1) is 16.4. The highest BCUT2D eigenvalue weighted by molar-refractivity contribution is 6.30. The van der Waals surface area contributed by atoms with E-state index in [1.165, 1.54) is 22.2 Å². The van der Waals surface area contributed by atoms with E-state index in [1.54, 1.807) is 7.11 Å². The number of nitrogens with zero attached hydrogens (tertiary/aromatic N) is 1. The average molecular weight is 380 g/mol. The van der Waals surface area contributed by atoms with Crippen molar-refractivity contribution in [2.45, 2.75) is 12.5 Å². The van der Waals surface area contributed by atoms with Crippen molar-refractivity contribution < 1.29 is 10.1 Å². The average Bonchev–Trinajstić information content (AvgIpc) is 3.32. The van der Waals surface area contributed by atoms with E-state index in [0.717, 1.165) is 40.5 Å². The normalized spacial score (nSPS) is 16.4. The third-order valence-electron chi connectivity index (χ3n) is 5.39. The number of fused-ring (bicyclic) bond motifs is 3. The summed E-state index contributed by atoms with van der Waals surface area (Å²) < 4.78 is 5.42. The van der Waals surface area contributed by atoms with Crippen LogP contribution in [0.5, 0.6) is 5.75 Å². The van der Waals surface area contributed by atoms with Gasteiger partial charge >= 0.3 is 0 Å². The molecule has 5 nitrogen and oxygen atoms in total. The number of methoxy groups -OCH3 is 1. The van der Waals surface area contributed by atoms with E-state index in [-0.39, 0.29) is 6.04 Å². The fourth-order valence-electron chi connectivity index (χ4n) is 4.08. The molecule has 0 saturated heterocycles. The Kier molecular flexibility index (Phi) is 3.92. The van der Waals surface area contributed by atoms with Gasteiger partial charge in [0.15, 0.2) is 6.04 Å². The summed E-state index contributed by atoms with van der Waals surface area (Å²) in [5.74, 6) is 0.889. The molecule has 0 amide bonds. The van der Waals surface area contributed by atoms with Gasteiger partial charge in [-0.3, -0.25) is 5.10 Å². The van der Waals surface area contributed by atoms with Crippen LogP contribution >= 0.6 is 11.6 Å². The predicted octanol–water partition coefficient (Wildman–Crippen LogP) is 3.43. The summed E-state index contributed by atoms with van der Waals surface area (Å²) in [6, 6.07) is 14.3. The van der Waals surface area contributed by atoms with E-state index in [2.05, 4.69) is 32.6 Å². The molecule has 3 heterocycles. The Balaban J connectivity index is 1.63. The molecule has 1 aliphatic heterocycles. The molecule has 0 bridgehead atoms. The molecule has 0 spiro atoms. The van der Waals surface area contributed by atoms with Crippen molar-refractivity contribution in [2.75, 3.05) is 13.7 Å². The number of rotatable bonds is 3. The molecule has 2 aromatic carbocycles. The maximum atomic E-state index is 6.05. The number of quaternary nitrogens is 1. The molecule has 6 heteroatoms. The van der Waals surface area contributed by atoms with Crippen LogP contribution in [-0.2, 0) is 6.42 Å². The molecule has 4 N–H and O–H groups in total. The maximum Gasteiger partial charge on any atom is 0.156 e. The second-order valence-corrected chi connectivity index (χ2v) is 7.32. The Labute approximate surface area is 161 Å². The van der Waals surface area contributed by atoms with Crippen molar-refractivity contribution in [3.63, 3.8) is 0 Å². The van der Waals surface area contributed by atoms with E-state index in [4.69, 9.17) is 16.3 Å². The van der Waals surface area contributed by atoms with Gasteiger partial charge in [-0.25, -0.2) is 0 Å². The van der Waals surface area contributed by atoms with Gasteiger partial charge in [-0.05, 0) is 35.9 Å². The van der Waals surface area contributed by atoms with Crippen molar-refractivity contribution in [2.24, 2.45) is 0 Å². The topological polar surface area (TPSA) is 70.3 Å². The minimum atomic E-state index is 0.177. The molecule has 0 unspecified atom stereocenters. The first-order valence-electron chi connectivity index (χ1n) is 9.05. The fraction of sp³-hybridized carbons (Fsp3) is 0.190. The lowest BCUT2D eigenvalue weighted by molar-refractivity contribution is -0.690. The van der Waals surface area contributed by atoms with Crippen molar-refractivity contribution in [3.8, 4) is 17.0 Å². The van der Waals surface area contributed by atoms with E-state index < -0.39 is 0 Å². The van der Waals surface area contributed by atoms with Gasteiger partial charge in [-0.1, -0.05) is 23.7 Å². The molecule has 27 heavy (non-hydrogen) atoms. The van der Waals surface area contributed by atoms with Crippen molar-refractivity contribution in [1.29, 1.82) is 0 Å². The SMILES string of the molecule is COc1ccc2[nH]c3c(c2c1)CC[NH2+][C@@H]3c1cn[nH]c1-c1ccc(Cl)cc1. The number of nitrogens with two attached hydrogens (primary N) is 1. The monoisotopic (exact) mass is 379 g/mol. The minimum Gasteiger partial charge on any atom is -0.497 e. The predicted molar refractivity (Wildman–Crippen MR) is 106 cm³/mol. The molecule has 4 aromatic rings. The third-order valence-corrected chi connectivity index (χ3v) is 5.64. The van der Waals surface area contributed by atoms with Crippen LogP contribution in [0.4, 0.5) is 0 Å². The smallest absolute Gasteiger partial charge is 0.156 e. The van der Waals surface area contributed by atoms with Crippen LogP contribution in [0.1, 0.15) is 22.9 Å². The maximum absolute atomic E-state index is 6.05. The second kappa shape index (κ2) is 6.44. The second-order valence-electron chi connectivity index (χ2n) is 6.89. The molecule has 2 aromatic heterocycles.